The van der Waals surface area contributed by atoms with Crippen molar-refractivity contribution in [2.24, 2.45) is 0 Å². The molecule has 3 aromatic rings. The van der Waals surface area contributed by atoms with Gasteiger partial charge in [0.05, 0.1) is 24.6 Å². The molecule has 0 saturated carbocycles. The van der Waals surface area contributed by atoms with Gasteiger partial charge in [-0.15, -0.1) is 0 Å². The number of fused-ring (bicyclic) bond motifs is 1. The number of methoxy groups -OCH3 is 1. The van der Waals surface area contributed by atoms with E-state index in [9.17, 15) is 4.79 Å². The largest absolute Gasteiger partial charge is 0.481 e. The number of piperazine rings is 1. The van der Waals surface area contributed by atoms with Gasteiger partial charge in [-0.05, 0) is 12.1 Å². The molecule has 128 valence electrons. The summed E-state index contributed by atoms with van der Waals surface area (Å²) in [4.78, 5) is 24.1. The molecule has 4 rings (SSSR count). The molecule has 25 heavy (non-hydrogen) atoms. The Morgan fingerprint density at radius 1 is 1.12 bits per heavy atom. The molecule has 1 aliphatic rings. The lowest BCUT2D eigenvalue weighted by Gasteiger charge is -2.33. The maximum atomic E-state index is 10.9. The Bertz CT molecular complexity index is 901. The minimum Gasteiger partial charge on any atom is -0.481 e. The van der Waals surface area contributed by atoms with Crippen LogP contribution in [0.3, 0.4) is 0 Å². The molecule has 0 aromatic carbocycles. The van der Waals surface area contributed by atoms with E-state index in [1.165, 1.54) is 0 Å². The lowest BCUT2D eigenvalue weighted by Crippen LogP contribution is -2.46. The van der Waals surface area contributed by atoms with E-state index >= 15 is 0 Å². The first-order valence-corrected chi connectivity index (χ1v) is 8.08. The Kier molecular flexibility index (Phi) is 3.93. The van der Waals surface area contributed by atoms with Crippen molar-refractivity contribution >= 4 is 17.9 Å². The maximum absolute atomic E-state index is 10.9. The summed E-state index contributed by atoms with van der Waals surface area (Å²) in [5, 5.41) is 4.36. The van der Waals surface area contributed by atoms with Gasteiger partial charge in [-0.25, -0.2) is 14.5 Å². The third-order valence-corrected chi connectivity index (χ3v) is 4.35. The molecule has 0 unspecified atom stereocenters. The molecule has 0 radical (unpaired) electrons. The van der Waals surface area contributed by atoms with E-state index in [0.29, 0.717) is 19.0 Å². The molecule has 0 N–H and O–H groups in total. The van der Waals surface area contributed by atoms with Crippen LogP contribution in [0.15, 0.2) is 36.7 Å². The Hall–Kier alpha value is -3.16. The van der Waals surface area contributed by atoms with E-state index in [1.54, 1.807) is 28.8 Å². The molecule has 0 spiro atoms. The van der Waals surface area contributed by atoms with E-state index in [4.69, 9.17) is 9.72 Å². The lowest BCUT2D eigenvalue weighted by atomic mass is 10.2. The normalized spacial score (nSPS) is 14.8. The van der Waals surface area contributed by atoms with Gasteiger partial charge in [0.1, 0.15) is 5.82 Å². The molecule has 1 fully saturated rings. The number of aromatic nitrogens is 4. The average Bonchev–Trinajstić information content (AvgIpc) is 3.11. The highest BCUT2D eigenvalue weighted by Crippen LogP contribution is 2.25. The monoisotopic (exact) mass is 338 g/mol. The van der Waals surface area contributed by atoms with Crippen LogP contribution in [0, 0.1) is 0 Å². The number of hydrogen-bond donors (Lipinski definition) is 0. The Morgan fingerprint density at radius 2 is 1.96 bits per heavy atom. The predicted octanol–water partition coefficient (Wildman–Crippen LogP) is 1.08. The van der Waals surface area contributed by atoms with Gasteiger partial charge in [0.25, 0.3) is 0 Å². The molecule has 1 aliphatic heterocycles. The highest BCUT2D eigenvalue weighted by atomic mass is 16.5. The van der Waals surface area contributed by atoms with Crippen LogP contribution in [0.1, 0.15) is 0 Å². The van der Waals surface area contributed by atoms with E-state index in [-0.39, 0.29) is 0 Å². The third-order valence-electron chi connectivity index (χ3n) is 4.35. The van der Waals surface area contributed by atoms with Crippen molar-refractivity contribution in [2.45, 2.75) is 0 Å². The lowest BCUT2D eigenvalue weighted by molar-refractivity contribution is -0.118. The van der Waals surface area contributed by atoms with Crippen LogP contribution in [-0.4, -0.2) is 64.2 Å². The molecule has 4 heterocycles. The van der Waals surface area contributed by atoms with Crippen LogP contribution in [0.25, 0.3) is 16.9 Å². The molecular weight excluding hydrogens is 320 g/mol. The zero-order chi connectivity index (χ0) is 17.2. The van der Waals surface area contributed by atoms with E-state index < -0.39 is 0 Å². The van der Waals surface area contributed by atoms with Crippen LogP contribution >= 0.6 is 0 Å². The summed E-state index contributed by atoms with van der Waals surface area (Å²) in [6.45, 7) is 2.95. The van der Waals surface area contributed by atoms with Crippen molar-refractivity contribution in [3.05, 3.63) is 36.7 Å². The van der Waals surface area contributed by atoms with Gasteiger partial charge >= 0.3 is 0 Å². The van der Waals surface area contributed by atoms with E-state index in [0.717, 1.165) is 42.2 Å². The minimum atomic E-state index is 0.554. The zero-order valence-corrected chi connectivity index (χ0v) is 13.9. The molecule has 0 aliphatic carbocycles. The minimum absolute atomic E-state index is 0.554. The number of ether oxygens (including phenoxy) is 1. The number of amides is 1. The van der Waals surface area contributed by atoms with Crippen LogP contribution in [0.5, 0.6) is 5.88 Å². The van der Waals surface area contributed by atoms with Crippen LogP contribution in [0.4, 0.5) is 5.82 Å². The second kappa shape index (κ2) is 6.39. The Labute approximate surface area is 144 Å². The number of rotatable bonds is 4. The molecular formula is C17H18N6O2. The van der Waals surface area contributed by atoms with Crippen molar-refractivity contribution in [2.75, 3.05) is 38.2 Å². The topological polar surface area (TPSA) is 75.9 Å². The summed E-state index contributed by atoms with van der Waals surface area (Å²) < 4.78 is 6.94. The second-order valence-corrected chi connectivity index (χ2v) is 5.81. The van der Waals surface area contributed by atoms with Crippen LogP contribution in [0.2, 0.25) is 0 Å². The van der Waals surface area contributed by atoms with Gasteiger partial charge in [-0.1, -0.05) is 6.07 Å². The van der Waals surface area contributed by atoms with Gasteiger partial charge in [0.2, 0.25) is 12.3 Å². The maximum Gasteiger partial charge on any atom is 0.213 e. The van der Waals surface area contributed by atoms with Gasteiger partial charge < -0.3 is 14.5 Å². The summed E-state index contributed by atoms with van der Waals surface area (Å²) >= 11 is 0. The van der Waals surface area contributed by atoms with Crippen molar-refractivity contribution < 1.29 is 9.53 Å². The smallest absolute Gasteiger partial charge is 0.213 e. The fourth-order valence-electron chi connectivity index (χ4n) is 2.95. The predicted molar refractivity (Wildman–Crippen MR) is 92.6 cm³/mol. The molecule has 1 amide bonds. The third kappa shape index (κ3) is 2.86. The summed E-state index contributed by atoms with van der Waals surface area (Å²) in [7, 11) is 1.59. The molecule has 8 nitrogen and oxygen atoms in total. The van der Waals surface area contributed by atoms with Crippen molar-refractivity contribution in [1.82, 2.24) is 24.5 Å². The summed E-state index contributed by atoms with van der Waals surface area (Å²) in [6.07, 6.45) is 4.56. The molecule has 8 heteroatoms. The summed E-state index contributed by atoms with van der Waals surface area (Å²) in [5.41, 5.74) is 2.37. The van der Waals surface area contributed by atoms with Crippen LogP contribution < -0.4 is 9.64 Å². The quantitative estimate of drug-likeness (QED) is 0.663. The second-order valence-electron chi connectivity index (χ2n) is 5.81. The molecule has 0 atom stereocenters. The van der Waals surface area contributed by atoms with Crippen LogP contribution in [-0.2, 0) is 4.79 Å². The number of pyridine rings is 1. The van der Waals surface area contributed by atoms with E-state index in [1.807, 2.05) is 24.4 Å². The molecule has 0 bridgehead atoms. The number of carbonyl (C=O) groups is 1. The van der Waals surface area contributed by atoms with E-state index in [2.05, 4.69) is 15.0 Å². The highest BCUT2D eigenvalue weighted by molar-refractivity contribution is 5.75. The Balaban J connectivity index is 1.69. The fraction of sp³-hybridized carbons (Fsp3) is 0.294. The SMILES string of the molecule is COc1cccc(-c2cnn3ccc(N4CCN(C=O)CC4)nc23)n1. The fourth-order valence-corrected chi connectivity index (χ4v) is 2.95. The first-order chi connectivity index (χ1) is 12.3. The molecule has 1 saturated heterocycles. The number of hydrogen-bond acceptors (Lipinski definition) is 6. The van der Waals surface area contributed by atoms with Gasteiger partial charge in [0.15, 0.2) is 5.65 Å². The van der Waals surface area contributed by atoms with Crippen molar-refractivity contribution in [3.63, 3.8) is 0 Å². The number of anilines is 1. The van der Waals surface area contributed by atoms with Gasteiger partial charge in [0, 0.05) is 38.4 Å². The Morgan fingerprint density at radius 3 is 2.72 bits per heavy atom. The highest BCUT2D eigenvalue weighted by Gasteiger charge is 2.18. The average molecular weight is 338 g/mol. The van der Waals surface area contributed by atoms with Gasteiger partial charge in [-0.2, -0.15) is 5.10 Å². The summed E-state index contributed by atoms with van der Waals surface area (Å²) in [6, 6.07) is 7.56. The first-order valence-electron chi connectivity index (χ1n) is 8.08. The molecule has 3 aromatic heterocycles. The standard InChI is InChI=1S/C17H18N6O2/c1-25-16-4-2-3-14(19-16)13-11-18-23-6-5-15(20-17(13)23)22-9-7-21(12-24)8-10-22/h2-6,11-12H,7-10H2,1H3. The number of carbonyl (C=O) groups excluding carboxylic acids is 1. The van der Waals surface area contributed by atoms with Crippen molar-refractivity contribution in [3.8, 4) is 17.1 Å². The van der Waals surface area contributed by atoms with Gasteiger partial charge in [-0.3, -0.25) is 4.79 Å². The number of nitrogens with zero attached hydrogens (tertiary/aromatic N) is 6. The summed E-state index contributed by atoms with van der Waals surface area (Å²) in [5.74, 6) is 1.43. The first kappa shape index (κ1) is 15.4. The zero-order valence-electron chi connectivity index (χ0n) is 13.9. The van der Waals surface area contributed by atoms with Crippen molar-refractivity contribution in [1.29, 1.82) is 0 Å².